The van der Waals surface area contributed by atoms with Gasteiger partial charge in [-0.15, -0.1) is 11.3 Å². The van der Waals surface area contributed by atoms with Crippen molar-refractivity contribution >= 4 is 22.9 Å². The van der Waals surface area contributed by atoms with E-state index in [9.17, 15) is 19.7 Å². The van der Waals surface area contributed by atoms with E-state index in [0.717, 1.165) is 27.5 Å². The second-order valence-electron chi connectivity index (χ2n) is 4.69. The average molecular weight is 322 g/mol. The number of pyridine rings is 1. The molecule has 0 unspecified atom stereocenters. The molecular formula is C13H14N4O4S. The minimum absolute atomic E-state index is 0.247. The largest absolute Gasteiger partial charge is 0.365 e. The maximum absolute atomic E-state index is 12.1. The van der Waals surface area contributed by atoms with Gasteiger partial charge < -0.3 is 10.3 Å². The Kier molecular flexibility index (Phi) is 4.66. The molecule has 2 rings (SSSR count). The second-order valence-corrected chi connectivity index (χ2v) is 5.76. The molecule has 0 aliphatic rings. The third-order valence-electron chi connectivity index (χ3n) is 3.05. The average Bonchev–Trinajstić information content (AvgIpc) is 2.85. The van der Waals surface area contributed by atoms with Gasteiger partial charge in [0.25, 0.3) is 17.2 Å². The van der Waals surface area contributed by atoms with Gasteiger partial charge >= 0.3 is 0 Å². The number of hydrogen-bond acceptors (Lipinski definition) is 6. The maximum atomic E-state index is 12.1. The highest BCUT2D eigenvalue weighted by molar-refractivity contribution is 7.09. The van der Waals surface area contributed by atoms with Gasteiger partial charge in [-0.05, 0) is 19.8 Å². The molecule has 0 aliphatic carbocycles. The van der Waals surface area contributed by atoms with Crippen LogP contribution in [-0.2, 0) is 13.0 Å². The summed E-state index contributed by atoms with van der Waals surface area (Å²) in [5.41, 5.74) is 4.68. The predicted octanol–water partition coefficient (Wildman–Crippen LogP) is 1.25. The highest BCUT2D eigenvalue weighted by Crippen LogP contribution is 2.12. The van der Waals surface area contributed by atoms with Crippen LogP contribution in [0.5, 0.6) is 0 Å². The second kappa shape index (κ2) is 6.48. The summed E-state index contributed by atoms with van der Waals surface area (Å²) in [7, 11) is 0. The van der Waals surface area contributed by atoms with Crippen LogP contribution in [0.4, 0.5) is 5.69 Å². The molecule has 0 saturated heterocycles. The predicted molar refractivity (Wildman–Crippen MR) is 81.0 cm³/mol. The van der Waals surface area contributed by atoms with Crippen LogP contribution in [0.3, 0.4) is 0 Å². The summed E-state index contributed by atoms with van der Waals surface area (Å²) in [6, 6.07) is 0.908. The third-order valence-corrected chi connectivity index (χ3v) is 3.87. The number of nitrogens with zero attached hydrogens (tertiary/aromatic N) is 3. The van der Waals surface area contributed by atoms with E-state index >= 15 is 0 Å². The molecule has 22 heavy (non-hydrogen) atoms. The van der Waals surface area contributed by atoms with Gasteiger partial charge in [-0.2, -0.15) is 0 Å². The minimum atomic E-state index is -0.974. The zero-order valence-corrected chi connectivity index (χ0v) is 12.6. The summed E-state index contributed by atoms with van der Waals surface area (Å²) in [6.07, 6.45) is 2.34. The van der Waals surface area contributed by atoms with Crippen LogP contribution in [0.15, 0.2) is 22.4 Å². The highest BCUT2D eigenvalue weighted by atomic mass is 32.1. The Morgan fingerprint density at radius 1 is 1.55 bits per heavy atom. The van der Waals surface area contributed by atoms with Gasteiger partial charge in [0.15, 0.2) is 0 Å². The molecule has 8 nitrogen and oxygen atoms in total. The van der Waals surface area contributed by atoms with E-state index in [0.29, 0.717) is 12.8 Å². The Morgan fingerprint density at radius 3 is 2.82 bits per heavy atom. The van der Waals surface area contributed by atoms with E-state index < -0.39 is 16.4 Å². The van der Waals surface area contributed by atoms with Crippen LogP contribution in [0, 0.1) is 17.0 Å². The highest BCUT2D eigenvalue weighted by Gasteiger charge is 2.17. The van der Waals surface area contributed by atoms with Crippen molar-refractivity contribution in [1.82, 2.24) is 9.55 Å². The van der Waals surface area contributed by atoms with Gasteiger partial charge in [0.1, 0.15) is 5.56 Å². The van der Waals surface area contributed by atoms with Crippen molar-refractivity contribution in [3.63, 3.8) is 0 Å². The number of carbonyl (C=O) groups is 1. The Morgan fingerprint density at radius 2 is 2.27 bits per heavy atom. The lowest BCUT2D eigenvalue weighted by molar-refractivity contribution is -0.385. The number of aryl methyl sites for hydroxylation is 3. The molecule has 116 valence electrons. The molecule has 2 N–H and O–H groups in total. The van der Waals surface area contributed by atoms with Crippen LogP contribution in [0.1, 0.15) is 27.5 Å². The fraction of sp³-hybridized carbons (Fsp3) is 0.308. The number of rotatable bonds is 6. The first-order valence-corrected chi connectivity index (χ1v) is 7.36. The Labute approximate surface area is 129 Å². The first kappa shape index (κ1) is 15.8. The normalized spacial score (nSPS) is 10.6. The number of nitrogens with two attached hydrogens (primary N) is 1. The lowest BCUT2D eigenvalue weighted by Gasteiger charge is -2.06. The molecule has 0 radical (unpaired) electrons. The number of hydrogen-bond donors (Lipinski definition) is 1. The summed E-state index contributed by atoms with van der Waals surface area (Å²) in [5, 5.41) is 13.8. The molecule has 9 heteroatoms. The number of carbonyl (C=O) groups excluding carboxylic acids is 1. The molecule has 0 spiro atoms. The molecule has 0 fully saturated rings. The van der Waals surface area contributed by atoms with E-state index in [1.807, 2.05) is 12.3 Å². The van der Waals surface area contributed by atoms with E-state index in [4.69, 9.17) is 5.73 Å². The van der Waals surface area contributed by atoms with Crippen LogP contribution in [0.2, 0.25) is 0 Å². The molecule has 0 saturated carbocycles. The minimum Gasteiger partial charge on any atom is -0.365 e. The fourth-order valence-corrected chi connectivity index (χ4v) is 2.66. The van der Waals surface area contributed by atoms with E-state index in [1.165, 1.54) is 11.3 Å². The van der Waals surface area contributed by atoms with E-state index in [1.54, 1.807) is 0 Å². The zero-order valence-electron chi connectivity index (χ0n) is 11.8. The smallest absolute Gasteiger partial charge is 0.286 e. The number of thiazole rings is 1. The van der Waals surface area contributed by atoms with Crippen molar-refractivity contribution in [2.45, 2.75) is 26.3 Å². The van der Waals surface area contributed by atoms with E-state index in [-0.39, 0.29) is 17.8 Å². The maximum Gasteiger partial charge on any atom is 0.286 e. The first-order valence-electron chi connectivity index (χ1n) is 6.48. The SMILES string of the molecule is Cc1nc(CCCn2cc([N+](=O)[O-])cc(C(N)=O)c2=O)cs1. The summed E-state index contributed by atoms with van der Waals surface area (Å²) < 4.78 is 1.15. The third kappa shape index (κ3) is 3.55. The van der Waals surface area contributed by atoms with Gasteiger partial charge in [-0.25, -0.2) is 4.98 Å². The molecule has 2 aromatic rings. The molecule has 0 bridgehead atoms. The van der Waals surface area contributed by atoms with Gasteiger partial charge in [0, 0.05) is 18.0 Å². The van der Waals surface area contributed by atoms with Crippen molar-refractivity contribution in [3.8, 4) is 0 Å². The van der Waals surface area contributed by atoms with Crippen molar-refractivity contribution < 1.29 is 9.72 Å². The Balaban J connectivity index is 2.20. The number of amides is 1. The summed E-state index contributed by atoms with van der Waals surface area (Å²) in [6.45, 7) is 2.15. The van der Waals surface area contributed by atoms with Crippen molar-refractivity contribution in [2.24, 2.45) is 5.73 Å². The molecule has 2 aromatic heterocycles. The number of aromatic nitrogens is 2. The Hall–Kier alpha value is -2.55. The molecule has 0 aliphatic heterocycles. The van der Waals surface area contributed by atoms with Gasteiger partial charge in [-0.1, -0.05) is 0 Å². The standard InChI is InChI=1S/C13H14N4O4S/c1-8-15-9(7-22-8)3-2-4-16-6-10(17(20)21)5-11(12(14)18)13(16)19/h5-7H,2-4H2,1H3,(H2,14,18). The van der Waals surface area contributed by atoms with Crippen LogP contribution in [0.25, 0.3) is 0 Å². The van der Waals surface area contributed by atoms with E-state index in [2.05, 4.69) is 4.98 Å². The lowest BCUT2D eigenvalue weighted by atomic mass is 10.2. The fourth-order valence-electron chi connectivity index (χ4n) is 2.02. The van der Waals surface area contributed by atoms with Gasteiger partial charge in [0.05, 0.1) is 21.8 Å². The van der Waals surface area contributed by atoms with Crippen LogP contribution >= 0.6 is 11.3 Å². The van der Waals surface area contributed by atoms with Crippen LogP contribution in [-0.4, -0.2) is 20.4 Å². The van der Waals surface area contributed by atoms with Crippen molar-refractivity contribution in [3.05, 3.63) is 54.4 Å². The molecular weight excluding hydrogens is 308 g/mol. The molecule has 0 atom stereocenters. The van der Waals surface area contributed by atoms with Crippen LogP contribution < -0.4 is 11.3 Å². The van der Waals surface area contributed by atoms with Gasteiger partial charge in [-0.3, -0.25) is 19.7 Å². The topological polar surface area (TPSA) is 121 Å². The van der Waals surface area contributed by atoms with Crippen molar-refractivity contribution in [1.29, 1.82) is 0 Å². The summed E-state index contributed by atoms with van der Waals surface area (Å²) in [5.74, 6) is -0.974. The summed E-state index contributed by atoms with van der Waals surface area (Å²) >= 11 is 1.54. The quantitative estimate of drug-likeness (QED) is 0.633. The van der Waals surface area contributed by atoms with Gasteiger partial charge in [0.2, 0.25) is 0 Å². The number of nitro groups is 1. The lowest BCUT2D eigenvalue weighted by Crippen LogP contribution is -2.29. The van der Waals surface area contributed by atoms with Crippen molar-refractivity contribution in [2.75, 3.05) is 0 Å². The monoisotopic (exact) mass is 322 g/mol. The zero-order chi connectivity index (χ0) is 16.3. The Bertz CT molecular complexity index is 781. The first-order chi connectivity index (χ1) is 10.4. The number of primary amides is 1. The molecule has 0 aromatic carbocycles. The molecule has 2 heterocycles. The molecule has 1 amide bonds. The summed E-state index contributed by atoms with van der Waals surface area (Å²) in [4.78, 5) is 37.8.